The van der Waals surface area contributed by atoms with Gasteiger partial charge in [-0.3, -0.25) is 9.59 Å². The molecule has 0 radical (unpaired) electrons. The van der Waals surface area contributed by atoms with E-state index in [1.807, 2.05) is 0 Å². The number of hydrogen-bond donors (Lipinski definition) is 2. The number of benzene rings is 2. The molecule has 0 aliphatic heterocycles. The van der Waals surface area contributed by atoms with Crippen LogP contribution in [0, 0.1) is 0 Å². The number of methoxy groups -OCH3 is 2. The summed E-state index contributed by atoms with van der Waals surface area (Å²) < 4.78 is 9.75. The smallest absolute Gasteiger partial charge is 0.306 e. The molecule has 1 unspecified atom stereocenters. The van der Waals surface area contributed by atoms with Gasteiger partial charge in [-0.15, -0.1) is 0 Å². The largest absolute Gasteiger partial charge is 0.508 e. The highest BCUT2D eigenvalue weighted by Gasteiger charge is 2.23. The summed E-state index contributed by atoms with van der Waals surface area (Å²) in [4.78, 5) is 24.2. The van der Waals surface area contributed by atoms with Crippen LogP contribution in [-0.4, -0.2) is 36.2 Å². The van der Waals surface area contributed by atoms with Crippen molar-refractivity contribution in [3.05, 3.63) is 53.6 Å². The standard InChI is InChI=1S/C19H20O6/c1-24-15-7-8-16(18(22)11-15)13(10-19(23)25-2)9-17(21)12-3-5-14(20)6-4-12/h3-8,11,13,20,22H,9-10H2,1-2H3. The molecule has 0 amide bonds. The summed E-state index contributed by atoms with van der Waals surface area (Å²) in [6.45, 7) is 0. The van der Waals surface area contributed by atoms with Crippen LogP contribution < -0.4 is 4.74 Å². The fourth-order valence-corrected chi connectivity index (χ4v) is 2.56. The van der Waals surface area contributed by atoms with Gasteiger partial charge < -0.3 is 19.7 Å². The maximum absolute atomic E-state index is 12.5. The van der Waals surface area contributed by atoms with Crippen molar-refractivity contribution in [1.29, 1.82) is 0 Å². The lowest BCUT2D eigenvalue weighted by molar-refractivity contribution is -0.141. The summed E-state index contributed by atoms with van der Waals surface area (Å²) in [5, 5.41) is 19.5. The van der Waals surface area contributed by atoms with Crippen LogP contribution in [0.15, 0.2) is 42.5 Å². The lowest BCUT2D eigenvalue weighted by atomic mass is 9.88. The molecule has 2 rings (SSSR count). The lowest BCUT2D eigenvalue weighted by Gasteiger charge is -2.17. The van der Waals surface area contributed by atoms with E-state index in [-0.39, 0.29) is 30.1 Å². The first-order valence-electron chi connectivity index (χ1n) is 7.70. The van der Waals surface area contributed by atoms with Crippen LogP contribution in [0.2, 0.25) is 0 Å². The van der Waals surface area contributed by atoms with E-state index in [0.717, 1.165) is 0 Å². The molecular formula is C19H20O6. The van der Waals surface area contributed by atoms with Crippen LogP contribution in [0.1, 0.15) is 34.7 Å². The average molecular weight is 344 g/mol. The van der Waals surface area contributed by atoms with Gasteiger partial charge in [-0.25, -0.2) is 0 Å². The normalized spacial score (nSPS) is 11.6. The van der Waals surface area contributed by atoms with E-state index in [9.17, 15) is 19.8 Å². The van der Waals surface area contributed by atoms with Gasteiger partial charge in [0.2, 0.25) is 0 Å². The molecule has 0 saturated heterocycles. The van der Waals surface area contributed by atoms with Gasteiger partial charge in [-0.05, 0) is 35.9 Å². The molecule has 132 valence electrons. The second kappa shape index (κ2) is 8.19. The van der Waals surface area contributed by atoms with Crippen molar-refractivity contribution in [2.45, 2.75) is 18.8 Å². The highest BCUT2D eigenvalue weighted by atomic mass is 16.5. The monoisotopic (exact) mass is 344 g/mol. The Morgan fingerprint density at radius 1 is 1.00 bits per heavy atom. The van der Waals surface area contributed by atoms with Gasteiger partial charge in [-0.1, -0.05) is 6.07 Å². The van der Waals surface area contributed by atoms with Gasteiger partial charge in [0.15, 0.2) is 5.78 Å². The molecule has 2 aromatic rings. The maximum Gasteiger partial charge on any atom is 0.306 e. The van der Waals surface area contributed by atoms with E-state index in [1.54, 1.807) is 12.1 Å². The lowest BCUT2D eigenvalue weighted by Crippen LogP contribution is -2.13. The Morgan fingerprint density at radius 2 is 1.68 bits per heavy atom. The molecule has 0 saturated carbocycles. The minimum absolute atomic E-state index is 0.0137. The molecule has 2 N–H and O–H groups in total. The van der Waals surface area contributed by atoms with E-state index in [0.29, 0.717) is 16.9 Å². The Morgan fingerprint density at radius 3 is 2.24 bits per heavy atom. The highest BCUT2D eigenvalue weighted by Crippen LogP contribution is 2.34. The van der Waals surface area contributed by atoms with Gasteiger partial charge in [0.25, 0.3) is 0 Å². The maximum atomic E-state index is 12.5. The molecule has 0 aromatic heterocycles. The van der Waals surface area contributed by atoms with Gasteiger partial charge in [0.1, 0.15) is 17.2 Å². The van der Waals surface area contributed by atoms with Crippen molar-refractivity contribution in [1.82, 2.24) is 0 Å². The molecule has 1 atom stereocenters. The summed E-state index contributed by atoms with van der Waals surface area (Å²) in [5.74, 6) is -0.729. The molecule has 0 heterocycles. The number of rotatable bonds is 7. The van der Waals surface area contributed by atoms with E-state index in [2.05, 4.69) is 0 Å². The topological polar surface area (TPSA) is 93.1 Å². The number of hydrogen-bond acceptors (Lipinski definition) is 6. The first-order valence-corrected chi connectivity index (χ1v) is 7.70. The summed E-state index contributed by atoms with van der Waals surface area (Å²) in [6, 6.07) is 10.6. The number of phenolic OH excluding ortho intramolecular Hbond substituents is 2. The Labute approximate surface area is 145 Å². The summed E-state index contributed by atoms with van der Waals surface area (Å²) in [5.41, 5.74) is 0.888. The number of aromatic hydroxyl groups is 2. The predicted molar refractivity (Wildman–Crippen MR) is 91.1 cm³/mol. The fourth-order valence-electron chi connectivity index (χ4n) is 2.56. The predicted octanol–water partition coefficient (Wildman–Crippen LogP) is 3.03. The third-order valence-corrected chi connectivity index (χ3v) is 3.94. The minimum Gasteiger partial charge on any atom is -0.508 e. The summed E-state index contributed by atoms with van der Waals surface area (Å²) in [7, 11) is 2.75. The Kier molecular flexibility index (Phi) is 6.00. The van der Waals surface area contributed by atoms with Crippen molar-refractivity contribution < 1.29 is 29.3 Å². The van der Waals surface area contributed by atoms with E-state index >= 15 is 0 Å². The third-order valence-electron chi connectivity index (χ3n) is 3.94. The van der Waals surface area contributed by atoms with Gasteiger partial charge >= 0.3 is 5.97 Å². The molecule has 25 heavy (non-hydrogen) atoms. The minimum atomic E-state index is -0.542. The Hall–Kier alpha value is -3.02. The molecular weight excluding hydrogens is 324 g/mol. The van der Waals surface area contributed by atoms with Crippen molar-refractivity contribution in [3.63, 3.8) is 0 Å². The second-order valence-corrected chi connectivity index (χ2v) is 5.58. The van der Waals surface area contributed by atoms with Crippen LogP contribution in [0.4, 0.5) is 0 Å². The second-order valence-electron chi connectivity index (χ2n) is 5.58. The number of ketones is 1. The van der Waals surface area contributed by atoms with Gasteiger partial charge in [0.05, 0.1) is 20.6 Å². The number of ether oxygens (including phenoxy) is 2. The molecule has 6 nitrogen and oxygen atoms in total. The van der Waals surface area contributed by atoms with Crippen LogP contribution in [0.25, 0.3) is 0 Å². The van der Waals surface area contributed by atoms with Crippen LogP contribution in [-0.2, 0) is 9.53 Å². The van der Waals surface area contributed by atoms with Gasteiger partial charge in [-0.2, -0.15) is 0 Å². The van der Waals surface area contributed by atoms with Crippen molar-refractivity contribution in [3.8, 4) is 17.2 Å². The summed E-state index contributed by atoms with van der Waals surface area (Å²) >= 11 is 0. The zero-order valence-corrected chi connectivity index (χ0v) is 14.1. The SMILES string of the molecule is COC(=O)CC(CC(=O)c1ccc(O)cc1)c1ccc(OC)cc1O. The van der Waals surface area contributed by atoms with Crippen LogP contribution in [0.5, 0.6) is 17.2 Å². The molecule has 2 aromatic carbocycles. The Bertz CT molecular complexity index is 751. The average Bonchev–Trinajstić information content (AvgIpc) is 2.61. The third kappa shape index (κ3) is 4.73. The molecule has 0 aliphatic rings. The molecule has 0 bridgehead atoms. The Balaban J connectivity index is 2.28. The van der Waals surface area contributed by atoms with E-state index in [4.69, 9.17) is 9.47 Å². The number of Topliss-reactive ketones (excluding diaryl/α,β-unsaturated/α-hetero) is 1. The van der Waals surface area contributed by atoms with Crippen molar-refractivity contribution in [2.24, 2.45) is 0 Å². The molecule has 0 fully saturated rings. The first kappa shape index (κ1) is 18.3. The highest BCUT2D eigenvalue weighted by molar-refractivity contribution is 5.97. The zero-order chi connectivity index (χ0) is 18.4. The van der Waals surface area contributed by atoms with Gasteiger partial charge in [0, 0.05) is 24.0 Å². The number of carbonyl (C=O) groups is 2. The molecule has 6 heteroatoms. The van der Waals surface area contributed by atoms with Crippen molar-refractivity contribution >= 4 is 11.8 Å². The zero-order valence-electron chi connectivity index (χ0n) is 14.1. The first-order chi connectivity index (χ1) is 11.9. The summed E-state index contributed by atoms with van der Waals surface area (Å²) in [6.07, 6.45) is -0.0278. The molecule has 0 spiro atoms. The number of carbonyl (C=O) groups excluding carboxylic acids is 2. The van der Waals surface area contributed by atoms with Crippen LogP contribution >= 0.6 is 0 Å². The number of phenols is 2. The van der Waals surface area contributed by atoms with Crippen LogP contribution in [0.3, 0.4) is 0 Å². The molecule has 0 aliphatic carbocycles. The van der Waals surface area contributed by atoms with E-state index in [1.165, 1.54) is 44.6 Å². The van der Waals surface area contributed by atoms with E-state index < -0.39 is 11.9 Å². The quantitative estimate of drug-likeness (QED) is 0.592. The number of esters is 1. The fraction of sp³-hybridized carbons (Fsp3) is 0.263. The van der Waals surface area contributed by atoms with Crippen molar-refractivity contribution in [2.75, 3.05) is 14.2 Å².